The number of aliphatic imine (C=N–C) groups is 1. The number of fused-ring (bicyclic) bond motifs is 1. The number of rotatable bonds is 3. The summed E-state index contributed by atoms with van der Waals surface area (Å²) in [5.74, 6) is -0.933. The number of H-pyrrole nitrogens is 1. The minimum Gasteiger partial charge on any atom is -0.478 e. The molecule has 0 aliphatic heterocycles. The lowest BCUT2D eigenvalue weighted by molar-refractivity contribution is 0.0697. The number of carboxylic acids is 1. The molecule has 4 heteroatoms. The van der Waals surface area contributed by atoms with Crippen molar-refractivity contribution in [2.75, 3.05) is 0 Å². The molecule has 0 atom stereocenters. The van der Waals surface area contributed by atoms with Crippen LogP contribution in [-0.4, -0.2) is 22.3 Å². The first-order valence-corrected chi connectivity index (χ1v) is 6.17. The van der Waals surface area contributed by atoms with Crippen molar-refractivity contribution in [2.45, 2.75) is 0 Å². The first-order chi connectivity index (χ1) is 9.74. The number of carbonyl (C=O) groups is 1. The molecule has 0 spiro atoms. The Morgan fingerprint density at radius 1 is 1.10 bits per heavy atom. The van der Waals surface area contributed by atoms with Gasteiger partial charge < -0.3 is 10.1 Å². The first-order valence-electron chi connectivity index (χ1n) is 6.17. The van der Waals surface area contributed by atoms with E-state index in [9.17, 15) is 4.79 Å². The van der Waals surface area contributed by atoms with Gasteiger partial charge in [-0.25, -0.2) is 4.79 Å². The van der Waals surface area contributed by atoms with Gasteiger partial charge in [0.1, 0.15) is 0 Å². The maximum atomic E-state index is 10.8. The summed E-state index contributed by atoms with van der Waals surface area (Å²) in [6, 6.07) is 14.5. The average Bonchev–Trinajstić information content (AvgIpc) is 2.89. The number of nitrogens with zero attached hydrogens (tertiary/aromatic N) is 1. The number of hydrogen-bond acceptors (Lipinski definition) is 2. The molecule has 2 N–H and O–H groups in total. The molecule has 98 valence electrons. The van der Waals surface area contributed by atoms with Crippen molar-refractivity contribution in [3.8, 4) is 0 Å². The zero-order chi connectivity index (χ0) is 13.9. The van der Waals surface area contributed by atoms with Gasteiger partial charge in [-0.3, -0.25) is 4.99 Å². The fraction of sp³-hybridized carbons (Fsp3) is 0. The third kappa shape index (κ3) is 2.31. The fourth-order valence-electron chi connectivity index (χ4n) is 2.03. The zero-order valence-electron chi connectivity index (χ0n) is 10.6. The molecule has 0 aliphatic carbocycles. The van der Waals surface area contributed by atoms with Crippen LogP contribution in [0.3, 0.4) is 0 Å². The van der Waals surface area contributed by atoms with Crippen LogP contribution in [0, 0.1) is 0 Å². The predicted molar refractivity (Wildman–Crippen MR) is 79.0 cm³/mol. The van der Waals surface area contributed by atoms with E-state index in [4.69, 9.17) is 5.11 Å². The van der Waals surface area contributed by atoms with Gasteiger partial charge in [-0.2, -0.15) is 0 Å². The highest BCUT2D eigenvalue weighted by Crippen LogP contribution is 2.18. The number of carboxylic acid groups (broad SMARTS) is 1. The van der Waals surface area contributed by atoms with Gasteiger partial charge in [0.05, 0.1) is 11.3 Å². The molecule has 0 fully saturated rings. The summed E-state index contributed by atoms with van der Waals surface area (Å²) in [5, 5.41) is 9.94. The van der Waals surface area contributed by atoms with E-state index in [1.165, 1.54) is 0 Å². The summed E-state index contributed by atoms with van der Waals surface area (Å²) in [4.78, 5) is 18.3. The highest BCUT2D eigenvalue weighted by Gasteiger charge is 2.02. The monoisotopic (exact) mass is 264 g/mol. The lowest BCUT2D eigenvalue weighted by Gasteiger charge is -1.95. The summed E-state index contributed by atoms with van der Waals surface area (Å²) in [5.41, 5.74) is 3.05. The van der Waals surface area contributed by atoms with E-state index in [1.807, 2.05) is 30.5 Å². The van der Waals surface area contributed by atoms with Crippen LogP contribution < -0.4 is 0 Å². The number of para-hydroxylation sites is 1. The smallest absolute Gasteiger partial charge is 0.335 e. The molecule has 0 saturated carbocycles. The molecule has 0 saturated heterocycles. The van der Waals surface area contributed by atoms with Crippen molar-refractivity contribution in [1.29, 1.82) is 0 Å². The van der Waals surface area contributed by atoms with Crippen LogP contribution in [0.25, 0.3) is 10.9 Å². The molecule has 1 heterocycles. The molecule has 0 unspecified atom stereocenters. The van der Waals surface area contributed by atoms with Crippen LogP contribution in [0.2, 0.25) is 0 Å². The largest absolute Gasteiger partial charge is 0.478 e. The van der Waals surface area contributed by atoms with Gasteiger partial charge in [0.15, 0.2) is 0 Å². The Hall–Kier alpha value is -2.88. The van der Waals surface area contributed by atoms with E-state index < -0.39 is 5.97 Å². The third-order valence-corrected chi connectivity index (χ3v) is 3.09. The van der Waals surface area contributed by atoms with E-state index in [0.29, 0.717) is 0 Å². The topological polar surface area (TPSA) is 65.4 Å². The van der Waals surface area contributed by atoms with E-state index >= 15 is 0 Å². The summed E-state index contributed by atoms with van der Waals surface area (Å²) in [6.45, 7) is 0. The van der Waals surface area contributed by atoms with Crippen LogP contribution >= 0.6 is 0 Å². The highest BCUT2D eigenvalue weighted by atomic mass is 16.4. The van der Waals surface area contributed by atoms with Crippen LogP contribution in [0.5, 0.6) is 0 Å². The summed E-state index contributed by atoms with van der Waals surface area (Å²) >= 11 is 0. The Morgan fingerprint density at radius 3 is 2.60 bits per heavy atom. The van der Waals surface area contributed by atoms with Crippen molar-refractivity contribution >= 4 is 28.8 Å². The van der Waals surface area contributed by atoms with Gasteiger partial charge in [0.25, 0.3) is 0 Å². The Labute approximate surface area is 115 Å². The van der Waals surface area contributed by atoms with Crippen LogP contribution in [0.4, 0.5) is 5.69 Å². The average molecular weight is 264 g/mol. The molecule has 1 aromatic heterocycles. The maximum absolute atomic E-state index is 10.8. The number of aromatic carboxylic acids is 1. The van der Waals surface area contributed by atoms with Gasteiger partial charge >= 0.3 is 5.97 Å². The predicted octanol–water partition coefficient (Wildman–Crippen LogP) is 3.62. The summed E-state index contributed by atoms with van der Waals surface area (Å²) in [6.07, 6.45) is 3.67. The maximum Gasteiger partial charge on any atom is 0.335 e. The van der Waals surface area contributed by atoms with E-state index in [1.54, 1.807) is 30.5 Å². The highest BCUT2D eigenvalue weighted by molar-refractivity contribution is 5.99. The lowest BCUT2D eigenvalue weighted by Crippen LogP contribution is -1.94. The van der Waals surface area contributed by atoms with Gasteiger partial charge in [0.2, 0.25) is 0 Å². The minimum absolute atomic E-state index is 0.260. The van der Waals surface area contributed by atoms with Crippen LogP contribution in [0.15, 0.2) is 59.7 Å². The molecule has 20 heavy (non-hydrogen) atoms. The number of hydrogen-bond donors (Lipinski definition) is 2. The Morgan fingerprint density at radius 2 is 1.85 bits per heavy atom. The van der Waals surface area contributed by atoms with Gasteiger partial charge in [0, 0.05) is 28.9 Å². The number of aromatic amines is 1. The van der Waals surface area contributed by atoms with Gasteiger partial charge in [-0.1, -0.05) is 18.2 Å². The van der Waals surface area contributed by atoms with Crippen LogP contribution in [0.1, 0.15) is 15.9 Å². The molecule has 0 bridgehead atoms. The van der Waals surface area contributed by atoms with Crippen molar-refractivity contribution in [1.82, 2.24) is 4.98 Å². The summed E-state index contributed by atoms with van der Waals surface area (Å²) in [7, 11) is 0. The molecular formula is C16H12N2O2. The Bertz CT molecular complexity index is 786. The molecule has 4 nitrogen and oxygen atoms in total. The van der Waals surface area contributed by atoms with Gasteiger partial charge in [-0.05, 0) is 30.3 Å². The molecular weight excluding hydrogens is 252 g/mol. The van der Waals surface area contributed by atoms with E-state index in [0.717, 1.165) is 22.2 Å². The second kappa shape index (κ2) is 5.01. The van der Waals surface area contributed by atoms with Crippen molar-refractivity contribution in [3.05, 3.63) is 65.9 Å². The van der Waals surface area contributed by atoms with E-state index in [-0.39, 0.29) is 5.56 Å². The van der Waals surface area contributed by atoms with Crippen molar-refractivity contribution in [2.24, 2.45) is 4.99 Å². The molecule has 0 aliphatic rings. The second-order valence-corrected chi connectivity index (χ2v) is 4.40. The summed E-state index contributed by atoms with van der Waals surface area (Å²) < 4.78 is 0. The molecule has 3 rings (SSSR count). The fourth-order valence-corrected chi connectivity index (χ4v) is 2.03. The van der Waals surface area contributed by atoms with Gasteiger partial charge in [-0.15, -0.1) is 0 Å². The zero-order valence-corrected chi connectivity index (χ0v) is 10.6. The normalized spacial score (nSPS) is 11.2. The number of nitrogens with one attached hydrogen (secondary N) is 1. The van der Waals surface area contributed by atoms with Crippen LogP contribution in [-0.2, 0) is 0 Å². The standard InChI is InChI=1S/C16H12N2O2/c19-16(20)11-5-7-13(8-6-11)17-9-12-10-18-15-4-2-1-3-14(12)15/h1-10,18H,(H,19,20). The number of aromatic nitrogens is 1. The molecule has 2 aromatic carbocycles. The SMILES string of the molecule is O=C(O)c1ccc(N=Cc2c[nH]c3ccccc23)cc1. The minimum atomic E-state index is -0.933. The third-order valence-electron chi connectivity index (χ3n) is 3.09. The first kappa shape index (κ1) is 12.2. The Kier molecular flexibility index (Phi) is 3.05. The number of benzene rings is 2. The molecule has 0 amide bonds. The second-order valence-electron chi connectivity index (χ2n) is 4.40. The quantitative estimate of drug-likeness (QED) is 0.709. The lowest BCUT2D eigenvalue weighted by atomic mass is 10.2. The van der Waals surface area contributed by atoms with Crippen molar-refractivity contribution in [3.63, 3.8) is 0 Å². The molecule has 0 radical (unpaired) electrons. The Balaban J connectivity index is 1.88. The molecule has 3 aromatic rings. The van der Waals surface area contributed by atoms with Crippen molar-refractivity contribution < 1.29 is 9.90 Å². The van der Waals surface area contributed by atoms with E-state index in [2.05, 4.69) is 9.98 Å².